The lowest BCUT2D eigenvalue weighted by Crippen LogP contribution is -2.13. The normalized spacial score (nSPS) is 12.3. The molecule has 0 radical (unpaired) electrons. The van der Waals surface area contributed by atoms with Crippen molar-refractivity contribution in [1.29, 1.82) is 0 Å². The van der Waals surface area contributed by atoms with Crippen molar-refractivity contribution in [2.45, 2.75) is 6.04 Å². The van der Waals surface area contributed by atoms with Gasteiger partial charge in [0.2, 0.25) is 0 Å². The van der Waals surface area contributed by atoms with E-state index in [1.54, 1.807) is 36.4 Å². The van der Waals surface area contributed by atoms with Gasteiger partial charge in [0.15, 0.2) is 5.82 Å². The molecule has 0 bridgehead atoms. The molecule has 1 atom stereocenters. The molecule has 4 N–H and O–H groups in total. The summed E-state index contributed by atoms with van der Waals surface area (Å²) < 4.78 is 12.9. The van der Waals surface area contributed by atoms with Gasteiger partial charge in [0.1, 0.15) is 17.4 Å². The molecule has 0 saturated carbocycles. The molecular formula is C15H13FN4O. The van der Waals surface area contributed by atoms with Crippen LogP contribution in [0.15, 0.2) is 48.5 Å². The monoisotopic (exact) mass is 284 g/mol. The van der Waals surface area contributed by atoms with E-state index in [0.717, 1.165) is 11.1 Å². The van der Waals surface area contributed by atoms with Crippen molar-refractivity contribution < 1.29 is 9.50 Å². The maximum absolute atomic E-state index is 12.9. The Morgan fingerprint density at radius 2 is 1.71 bits per heavy atom. The van der Waals surface area contributed by atoms with Gasteiger partial charge in [-0.1, -0.05) is 12.1 Å². The first-order chi connectivity index (χ1) is 10.1. The molecule has 0 spiro atoms. The number of phenolic OH excluding ortho intramolecular Hbond substituents is 1. The van der Waals surface area contributed by atoms with Crippen molar-refractivity contribution in [2.75, 3.05) is 0 Å². The Balaban J connectivity index is 1.87. The van der Waals surface area contributed by atoms with Crippen LogP contribution in [0, 0.1) is 5.82 Å². The Labute approximate surface area is 120 Å². The Kier molecular flexibility index (Phi) is 3.37. The van der Waals surface area contributed by atoms with Crippen molar-refractivity contribution in [3.63, 3.8) is 0 Å². The van der Waals surface area contributed by atoms with Gasteiger partial charge in [0.25, 0.3) is 0 Å². The first-order valence-electron chi connectivity index (χ1n) is 6.36. The molecule has 5 nitrogen and oxygen atoms in total. The summed E-state index contributed by atoms with van der Waals surface area (Å²) in [5, 5.41) is 16.2. The summed E-state index contributed by atoms with van der Waals surface area (Å²) in [6.07, 6.45) is 0. The molecule has 0 amide bonds. The maximum Gasteiger partial charge on any atom is 0.181 e. The number of halogens is 1. The minimum Gasteiger partial charge on any atom is -0.508 e. The number of nitrogens with zero attached hydrogens (tertiary/aromatic N) is 2. The molecular weight excluding hydrogens is 271 g/mol. The topological polar surface area (TPSA) is 87.8 Å². The quantitative estimate of drug-likeness (QED) is 0.689. The van der Waals surface area contributed by atoms with Crippen molar-refractivity contribution in [3.8, 4) is 17.1 Å². The van der Waals surface area contributed by atoms with Crippen molar-refractivity contribution in [2.24, 2.45) is 5.73 Å². The smallest absolute Gasteiger partial charge is 0.181 e. The number of nitrogens with one attached hydrogen (secondary N) is 1. The number of hydrogen-bond acceptors (Lipinski definition) is 4. The zero-order valence-electron chi connectivity index (χ0n) is 11.0. The Bertz CT molecular complexity index is 737. The van der Waals surface area contributed by atoms with E-state index in [4.69, 9.17) is 5.73 Å². The van der Waals surface area contributed by atoms with Crippen LogP contribution in [0.25, 0.3) is 11.4 Å². The van der Waals surface area contributed by atoms with Crippen molar-refractivity contribution in [3.05, 3.63) is 65.7 Å². The second kappa shape index (κ2) is 5.34. The van der Waals surface area contributed by atoms with E-state index in [9.17, 15) is 9.50 Å². The highest BCUT2D eigenvalue weighted by molar-refractivity contribution is 5.55. The summed E-state index contributed by atoms with van der Waals surface area (Å²) >= 11 is 0. The highest BCUT2D eigenvalue weighted by Gasteiger charge is 2.14. The van der Waals surface area contributed by atoms with Crippen LogP contribution in [0.5, 0.6) is 5.75 Å². The molecule has 0 fully saturated rings. The maximum atomic E-state index is 12.9. The number of aromatic nitrogens is 3. The van der Waals surface area contributed by atoms with Crippen LogP contribution in [0.2, 0.25) is 0 Å². The molecule has 0 aliphatic carbocycles. The van der Waals surface area contributed by atoms with Gasteiger partial charge in [-0.15, -0.1) is 0 Å². The van der Waals surface area contributed by atoms with E-state index >= 15 is 0 Å². The summed E-state index contributed by atoms with van der Waals surface area (Å²) in [5.74, 6) is 0.845. The lowest BCUT2D eigenvalue weighted by atomic mass is 10.1. The third kappa shape index (κ3) is 2.75. The van der Waals surface area contributed by atoms with E-state index in [0.29, 0.717) is 11.6 Å². The van der Waals surface area contributed by atoms with Gasteiger partial charge in [0.05, 0.1) is 6.04 Å². The fourth-order valence-corrected chi connectivity index (χ4v) is 1.98. The molecule has 1 heterocycles. The lowest BCUT2D eigenvalue weighted by molar-refractivity contribution is 0.475. The molecule has 21 heavy (non-hydrogen) atoms. The summed E-state index contributed by atoms with van der Waals surface area (Å²) in [7, 11) is 0. The van der Waals surface area contributed by atoms with Gasteiger partial charge in [-0.05, 0) is 42.0 Å². The van der Waals surface area contributed by atoms with E-state index in [2.05, 4.69) is 15.2 Å². The highest BCUT2D eigenvalue weighted by atomic mass is 19.1. The number of hydrogen-bond donors (Lipinski definition) is 3. The molecule has 0 aliphatic rings. The molecule has 1 aromatic heterocycles. The minimum atomic E-state index is -0.510. The number of phenols is 1. The highest BCUT2D eigenvalue weighted by Crippen LogP contribution is 2.21. The summed E-state index contributed by atoms with van der Waals surface area (Å²) in [6, 6.07) is 12.0. The third-order valence-electron chi connectivity index (χ3n) is 3.15. The van der Waals surface area contributed by atoms with Gasteiger partial charge in [0, 0.05) is 5.56 Å². The van der Waals surface area contributed by atoms with E-state index in [1.165, 1.54) is 12.1 Å². The zero-order valence-corrected chi connectivity index (χ0v) is 11.0. The van der Waals surface area contributed by atoms with Crippen LogP contribution in [0.1, 0.15) is 17.4 Å². The van der Waals surface area contributed by atoms with Crippen molar-refractivity contribution in [1.82, 2.24) is 15.2 Å². The second-order valence-corrected chi connectivity index (χ2v) is 4.62. The van der Waals surface area contributed by atoms with Gasteiger partial charge < -0.3 is 10.8 Å². The number of aromatic amines is 1. The third-order valence-corrected chi connectivity index (χ3v) is 3.15. The zero-order chi connectivity index (χ0) is 14.8. The molecule has 2 aromatic carbocycles. The summed E-state index contributed by atoms with van der Waals surface area (Å²) in [5.41, 5.74) is 7.59. The van der Waals surface area contributed by atoms with Gasteiger partial charge >= 0.3 is 0 Å². The Morgan fingerprint density at radius 1 is 1.05 bits per heavy atom. The van der Waals surface area contributed by atoms with Crippen LogP contribution in [0.4, 0.5) is 4.39 Å². The predicted molar refractivity (Wildman–Crippen MR) is 75.9 cm³/mol. The Hall–Kier alpha value is -2.73. The van der Waals surface area contributed by atoms with Crippen LogP contribution < -0.4 is 5.73 Å². The Morgan fingerprint density at radius 3 is 2.38 bits per heavy atom. The molecule has 0 aliphatic heterocycles. The van der Waals surface area contributed by atoms with Gasteiger partial charge in [-0.2, -0.15) is 5.10 Å². The number of benzene rings is 2. The number of rotatable bonds is 3. The predicted octanol–water partition coefficient (Wildman–Crippen LogP) is 2.36. The first kappa shape index (κ1) is 13.3. The summed E-state index contributed by atoms with van der Waals surface area (Å²) in [4.78, 5) is 4.34. The molecule has 3 aromatic rings. The summed E-state index contributed by atoms with van der Waals surface area (Å²) in [6.45, 7) is 0. The van der Waals surface area contributed by atoms with E-state index < -0.39 is 6.04 Å². The lowest BCUT2D eigenvalue weighted by Gasteiger charge is -2.07. The number of aromatic hydroxyl groups is 1. The van der Waals surface area contributed by atoms with Crippen LogP contribution in [0.3, 0.4) is 0 Å². The number of H-pyrrole nitrogens is 1. The fraction of sp³-hybridized carbons (Fsp3) is 0.0667. The standard InChI is InChI=1S/C15H13FN4O/c16-11-5-1-9(2-6-11)13(17)15-18-14(19-20-15)10-3-7-12(21)8-4-10/h1-8,13,21H,17H2,(H,18,19,20). The van der Waals surface area contributed by atoms with Crippen LogP contribution in [-0.4, -0.2) is 20.3 Å². The first-order valence-corrected chi connectivity index (χ1v) is 6.36. The average Bonchev–Trinajstić information content (AvgIpc) is 2.98. The average molecular weight is 284 g/mol. The largest absolute Gasteiger partial charge is 0.508 e. The minimum absolute atomic E-state index is 0.178. The molecule has 106 valence electrons. The van der Waals surface area contributed by atoms with Gasteiger partial charge in [-0.25, -0.2) is 9.37 Å². The second-order valence-electron chi connectivity index (χ2n) is 4.62. The van der Waals surface area contributed by atoms with Gasteiger partial charge in [-0.3, -0.25) is 5.10 Å². The number of nitrogens with two attached hydrogens (primary N) is 1. The fourth-order valence-electron chi connectivity index (χ4n) is 1.98. The molecule has 3 rings (SSSR count). The van der Waals surface area contributed by atoms with Crippen LogP contribution >= 0.6 is 0 Å². The van der Waals surface area contributed by atoms with Crippen molar-refractivity contribution >= 4 is 0 Å². The molecule has 6 heteroatoms. The molecule has 0 saturated heterocycles. The van der Waals surface area contributed by atoms with E-state index in [-0.39, 0.29) is 11.6 Å². The van der Waals surface area contributed by atoms with Crippen LogP contribution in [-0.2, 0) is 0 Å². The van der Waals surface area contributed by atoms with E-state index in [1.807, 2.05) is 0 Å². The SMILES string of the molecule is NC(c1ccc(F)cc1)c1nc(-c2ccc(O)cc2)n[nH]1. The molecule has 1 unspecified atom stereocenters.